The number of aromatic nitrogens is 1. The predicted octanol–water partition coefficient (Wildman–Crippen LogP) is 6.47. The molecule has 0 saturated heterocycles. The first-order valence-electron chi connectivity index (χ1n) is 9.47. The van der Waals surface area contributed by atoms with Crippen molar-refractivity contribution in [1.29, 1.82) is 0 Å². The second-order valence-corrected chi connectivity index (χ2v) is 7.41. The number of hydrogen-bond acceptors (Lipinski definition) is 0. The number of aryl methyl sites for hydroxylation is 2. The third-order valence-corrected chi connectivity index (χ3v) is 5.68. The average molecular weight is 363 g/mol. The SMILES string of the molecule is [C-]#[N+]c1ccc2c(-c3cc(-c4ccccc4)cc(C)c3C)[n+](C)c(C)cc2c1. The van der Waals surface area contributed by atoms with Crippen LogP contribution in [0.5, 0.6) is 0 Å². The van der Waals surface area contributed by atoms with Crippen LogP contribution in [-0.4, -0.2) is 0 Å². The molecule has 4 aromatic rings. The average Bonchev–Trinajstić information content (AvgIpc) is 2.71. The summed E-state index contributed by atoms with van der Waals surface area (Å²) < 4.78 is 2.26. The third kappa shape index (κ3) is 2.96. The molecule has 0 fully saturated rings. The van der Waals surface area contributed by atoms with Crippen molar-refractivity contribution in [3.8, 4) is 22.4 Å². The molecule has 0 amide bonds. The minimum absolute atomic E-state index is 0.678. The molecule has 2 heteroatoms. The van der Waals surface area contributed by atoms with Gasteiger partial charge in [0.05, 0.1) is 17.5 Å². The Balaban J connectivity index is 2.07. The molecule has 4 rings (SSSR count). The van der Waals surface area contributed by atoms with Crippen LogP contribution in [0.3, 0.4) is 0 Å². The molecular formula is C26H23N2+. The fourth-order valence-electron chi connectivity index (χ4n) is 3.86. The van der Waals surface area contributed by atoms with Crippen molar-refractivity contribution >= 4 is 16.5 Å². The largest absolute Gasteiger partial charge is 0.238 e. The Labute approximate surface area is 166 Å². The van der Waals surface area contributed by atoms with Crippen LogP contribution in [0.15, 0.2) is 66.7 Å². The summed E-state index contributed by atoms with van der Waals surface area (Å²) in [6, 6.07) is 23.2. The van der Waals surface area contributed by atoms with E-state index in [-0.39, 0.29) is 0 Å². The van der Waals surface area contributed by atoms with Crippen LogP contribution in [0.2, 0.25) is 0 Å². The van der Waals surface area contributed by atoms with Crippen molar-refractivity contribution < 1.29 is 4.57 Å². The lowest BCUT2D eigenvalue weighted by atomic mass is 9.91. The Morgan fingerprint density at radius 2 is 1.57 bits per heavy atom. The zero-order valence-corrected chi connectivity index (χ0v) is 16.7. The van der Waals surface area contributed by atoms with Gasteiger partial charge in [0.2, 0.25) is 5.69 Å². The Kier molecular flexibility index (Phi) is 4.45. The lowest BCUT2D eigenvalue weighted by molar-refractivity contribution is -0.665. The first kappa shape index (κ1) is 17.9. The summed E-state index contributed by atoms with van der Waals surface area (Å²) in [6.45, 7) is 13.8. The number of fused-ring (bicyclic) bond motifs is 1. The summed E-state index contributed by atoms with van der Waals surface area (Å²) in [5.74, 6) is 0. The highest BCUT2D eigenvalue weighted by Gasteiger charge is 2.21. The van der Waals surface area contributed by atoms with E-state index in [1.165, 1.54) is 44.6 Å². The summed E-state index contributed by atoms with van der Waals surface area (Å²) in [6.07, 6.45) is 0. The van der Waals surface area contributed by atoms with E-state index in [1.54, 1.807) is 0 Å². The van der Waals surface area contributed by atoms with Crippen LogP contribution in [0.1, 0.15) is 16.8 Å². The molecule has 136 valence electrons. The quantitative estimate of drug-likeness (QED) is 0.285. The monoisotopic (exact) mass is 363 g/mol. The minimum Gasteiger partial charge on any atom is -0.238 e. The highest BCUT2D eigenvalue weighted by atomic mass is 14.9. The number of pyridine rings is 1. The van der Waals surface area contributed by atoms with Gasteiger partial charge in [0.1, 0.15) is 7.05 Å². The van der Waals surface area contributed by atoms with E-state index >= 15 is 0 Å². The second kappa shape index (κ2) is 6.94. The number of hydrogen-bond donors (Lipinski definition) is 0. The molecule has 0 spiro atoms. The van der Waals surface area contributed by atoms with Crippen LogP contribution in [0.4, 0.5) is 5.69 Å². The van der Waals surface area contributed by atoms with Crippen molar-refractivity contribution in [3.63, 3.8) is 0 Å². The summed E-state index contributed by atoms with van der Waals surface area (Å²) in [4.78, 5) is 3.60. The van der Waals surface area contributed by atoms with Gasteiger partial charge in [0.25, 0.3) is 0 Å². The fourth-order valence-corrected chi connectivity index (χ4v) is 3.86. The van der Waals surface area contributed by atoms with Crippen molar-refractivity contribution in [2.24, 2.45) is 7.05 Å². The molecule has 1 heterocycles. The molecule has 28 heavy (non-hydrogen) atoms. The maximum atomic E-state index is 7.34. The molecule has 0 unspecified atom stereocenters. The summed E-state index contributed by atoms with van der Waals surface area (Å²) in [5.41, 5.74) is 9.31. The van der Waals surface area contributed by atoms with Gasteiger partial charge in [-0.2, -0.15) is 4.57 Å². The van der Waals surface area contributed by atoms with Gasteiger partial charge >= 0.3 is 0 Å². The lowest BCUT2D eigenvalue weighted by Gasteiger charge is -2.14. The van der Waals surface area contributed by atoms with Crippen molar-refractivity contribution in [2.45, 2.75) is 20.8 Å². The standard InChI is InChI=1S/C26H23N2/c1-17-13-21(20-9-7-6-8-10-20)16-25(19(17)3)26-24-12-11-23(27-4)15-22(24)14-18(2)28(26)5/h6-16H,1-3,5H3/q+1. The Morgan fingerprint density at radius 1 is 0.821 bits per heavy atom. The van der Waals surface area contributed by atoms with Crippen molar-refractivity contribution in [1.82, 2.24) is 0 Å². The van der Waals surface area contributed by atoms with E-state index in [2.05, 4.69) is 91.8 Å². The molecule has 0 N–H and O–H groups in total. The normalized spacial score (nSPS) is 10.8. The van der Waals surface area contributed by atoms with Crippen LogP contribution < -0.4 is 4.57 Å². The van der Waals surface area contributed by atoms with E-state index in [0.717, 1.165) is 5.39 Å². The van der Waals surface area contributed by atoms with E-state index in [9.17, 15) is 0 Å². The molecule has 0 aliphatic heterocycles. The van der Waals surface area contributed by atoms with Crippen molar-refractivity contribution in [3.05, 3.63) is 95.0 Å². The van der Waals surface area contributed by atoms with E-state index in [1.807, 2.05) is 12.1 Å². The van der Waals surface area contributed by atoms with Gasteiger partial charge in [-0.3, -0.25) is 0 Å². The molecule has 3 aromatic carbocycles. The molecule has 0 aliphatic carbocycles. The van der Waals surface area contributed by atoms with E-state index in [0.29, 0.717) is 5.69 Å². The summed E-state index contributed by atoms with van der Waals surface area (Å²) >= 11 is 0. The van der Waals surface area contributed by atoms with Gasteiger partial charge < -0.3 is 0 Å². The molecule has 0 saturated carbocycles. The van der Waals surface area contributed by atoms with Gasteiger partial charge in [-0.05, 0) is 53.6 Å². The van der Waals surface area contributed by atoms with E-state index in [4.69, 9.17) is 6.57 Å². The maximum Gasteiger partial charge on any atom is 0.220 e. The minimum atomic E-state index is 0.678. The summed E-state index contributed by atoms with van der Waals surface area (Å²) in [5, 5.41) is 2.29. The topological polar surface area (TPSA) is 8.24 Å². The van der Waals surface area contributed by atoms with Crippen LogP contribution in [0, 0.1) is 27.3 Å². The molecule has 0 bridgehead atoms. The smallest absolute Gasteiger partial charge is 0.220 e. The molecule has 0 atom stereocenters. The van der Waals surface area contributed by atoms with Gasteiger partial charge in [0, 0.05) is 13.0 Å². The highest BCUT2D eigenvalue weighted by molar-refractivity contribution is 5.96. The molecule has 2 nitrogen and oxygen atoms in total. The van der Waals surface area contributed by atoms with Crippen LogP contribution >= 0.6 is 0 Å². The summed E-state index contributed by atoms with van der Waals surface area (Å²) in [7, 11) is 2.12. The van der Waals surface area contributed by atoms with Gasteiger partial charge in [-0.25, -0.2) is 4.85 Å². The van der Waals surface area contributed by atoms with Gasteiger partial charge in [0.15, 0.2) is 11.4 Å². The van der Waals surface area contributed by atoms with Crippen LogP contribution in [0.25, 0.3) is 38.0 Å². The predicted molar refractivity (Wildman–Crippen MR) is 116 cm³/mol. The highest BCUT2D eigenvalue weighted by Crippen LogP contribution is 2.35. The second-order valence-electron chi connectivity index (χ2n) is 7.41. The Bertz CT molecular complexity index is 1250. The Morgan fingerprint density at radius 3 is 2.29 bits per heavy atom. The van der Waals surface area contributed by atoms with Gasteiger partial charge in [-0.1, -0.05) is 48.5 Å². The maximum absolute atomic E-state index is 7.34. The molecular weight excluding hydrogens is 340 g/mol. The first-order chi connectivity index (χ1) is 13.5. The molecule has 0 aliphatic rings. The zero-order valence-electron chi connectivity index (χ0n) is 16.7. The molecule has 0 radical (unpaired) electrons. The number of benzene rings is 3. The van der Waals surface area contributed by atoms with Crippen molar-refractivity contribution in [2.75, 3.05) is 0 Å². The molecule has 1 aromatic heterocycles. The lowest BCUT2D eigenvalue weighted by Crippen LogP contribution is -2.35. The first-order valence-corrected chi connectivity index (χ1v) is 9.47. The zero-order chi connectivity index (χ0) is 19.8. The van der Waals surface area contributed by atoms with Gasteiger partial charge in [-0.15, -0.1) is 0 Å². The number of nitrogens with zero attached hydrogens (tertiary/aromatic N) is 2. The Hall–Kier alpha value is -3.44. The third-order valence-electron chi connectivity index (χ3n) is 5.68. The number of rotatable bonds is 2. The van der Waals surface area contributed by atoms with E-state index < -0.39 is 0 Å². The van der Waals surface area contributed by atoms with Crippen LogP contribution in [-0.2, 0) is 7.05 Å². The fraction of sp³-hybridized carbons (Fsp3) is 0.154.